The normalized spacial score (nSPS) is 11.8. The molecule has 1 unspecified atom stereocenters. The first kappa shape index (κ1) is 13.7. The Kier molecular flexibility index (Phi) is 3.80. The number of aromatic nitrogens is 1. The van der Waals surface area contributed by atoms with Gasteiger partial charge in [-0.1, -0.05) is 17.3 Å². The molecular formula is C14H13N3O3. The summed E-state index contributed by atoms with van der Waals surface area (Å²) in [5.74, 6) is 0.263. The first-order valence-corrected chi connectivity index (χ1v) is 6.08. The van der Waals surface area contributed by atoms with Gasteiger partial charge in [-0.15, -0.1) is 0 Å². The maximum atomic E-state index is 10.6. The molecule has 6 heteroatoms. The van der Waals surface area contributed by atoms with Gasteiger partial charge in [-0.05, 0) is 25.8 Å². The molecule has 0 aliphatic carbocycles. The van der Waals surface area contributed by atoms with Crippen molar-refractivity contribution in [2.75, 3.05) is 0 Å². The molecule has 6 nitrogen and oxygen atoms in total. The lowest BCUT2D eigenvalue weighted by Crippen LogP contribution is -2.03. The summed E-state index contributed by atoms with van der Waals surface area (Å²) in [7, 11) is 0. The predicted molar refractivity (Wildman–Crippen MR) is 71.1 cm³/mol. The van der Waals surface area contributed by atoms with Gasteiger partial charge in [0.05, 0.1) is 22.6 Å². The SMILES string of the molecule is Cc1noc(C)c1C(C#N)Cc1ccc([N+](=O)[O-])cc1. The van der Waals surface area contributed by atoms with Crippen molar-refractivity contribution in [1.82, 2.24) is 5.16 Å². The van der Waals surface area contributed by atoms with E-state index in [1.165, 1.54) is 12.1 Å². The second-order valence-electron chi connectivity index (χ2n) is 4.55. The molecule has 0 aliphatic rings. The minimum absolute atomic E-state index is 0.0413. The molecule has 0 saturated heterocycles. The van der Waals surface area contributed by atoms with E-state index in [1.54, 1.807) is 26.0 Å². The van der Waals surface area contributed by atoms with Crippen LogP contribution in [0.3, 0.4) is 0 Å². The smallest absolute Gasteiger partial charge is 0.269 e. The third kappa shape index (κ3) is 2.67. The second kappa shape index (κ2) is 5.53. The van der Waals surface area contributed by atoms with Crippen molar-refractivity contribution in [1.29, 1.82) is 5.26 Å². The van der Waals surface area contributed by atoms with E-state index < -0.39 is 4.92 Å². The lowest BCUT2D eigenvalue weighted by atomic mass is 9.92. The Bertz CT molecular complexity index is 648. The molecule has 0 bridgehead atoms. The van der Waals surface area contributed by atoms with Gasteiger partial charge in [0.25, 0.3) is 5.69 Å². The molecule has 2 rings (SSSR count). The largest absolute Gasteiger partial charge is 0.361 e. The summed E-state index contributed by atoms with van der Waals surface area (Å²) in [6.45, 7) is 3.57. The summed E-state index contributed by atoms with van der Waals surface area (Å²) in [6.07, 6.45) is 0.470. The Balaban J connectivity index is 2.23. The lowest BCUT2D eigenvalue weighted by molar-refractivity contribution is -0.384. The van der Waals surface area contributed by atoms with Gasteiger partial charge in [-0.3, -0.25) is 10.1 Å². The molecule has 20 heavy (non-hydrogen) atoms. The Labute approximate surface area is 115 Å². The average molecular weight is 271 g/mol. The van der Waals surface area contributed by atoms with E-state index in [9.17, 15) is 15.4 Å². The summed E-state index contributed by atoms with van der Waals surface area (Å²) in [5.41, 5.74) is 2.41. The summed E-state index contributed by atoms with van der Waals surface area (Å²) < 4.78 is 5.08. The van der Waals surface area contributed by atoms with Crippen LogP contribution in [-0.4, -0.2) is 10.1 Å². The maximum Gasteiger partial charge on any atom is 0.269 e. The Hall–Kier alpha value is -2.68. The highest BCUT2D eigenvalue weighted by Crippen LogP contribution is 2.27. The number of nitriles is 1. The molecule has 0 amide bonds. The number of aryl methyl sites for hydroxylation is 2. The standard InChI is InChI=1S/C14H13N3O3/c1-9-14(10(2)20-16-9)12(8-15)7-11-3-5-13(6-4-11)17(18)19/h3-6,12H,7H2,1-2H3. The van der Waals surface area contributed by atoms with Crippen molar-refractivity contribution in [3.63, 3.8) is 0 Å². The van der Waals surface area contributed by atoms with E-state index in [1.807, 2.05) is 0 Å². The Morgan fingerprint density at radius 2 is 2.05 bits per heavy atom. The number of non-ortho nitro benzene ring substituents is 1. The van der Waals surface area contributed by atoms with E-state index in [2.05, 4.69) is 11.2 Å². The molecule has 0 fully saturated rings. The fourth-order valence-electron chi connectivity index (χ4n) is 2.19. The van der Waals surface area contributed by atoms with Crippen molar-refractivity contribution in [3.8, 4) is 6.07 Å². The summed E-state index contributed by atoms with van der Waals surface area (Å²) in [4.78, 5) is 10.2. The summed E-state index contributed by atoms with van der Waals surface area (Å²) in [6, 6.07) is 8.46. The third-order valence-electron chi connectivity index (χ3n) is 3.18. The topological polar surface area (TPSA) is 93.0 Å². The first-order valence-electron chi connectivity index (χ1n) is 6.08. The van der Waals surface area contributed by atoms with Crippen LogP contribution < -0.4 is 0 Å². The predicted octanol–water partition coefficient (Wildman–Crippen LogP) is 3.05. The monoisotopic (exact) mass is 271 g/mol. The minimum atomic E-state index is -0.445. The van der Waals surface area contributed by atoms with E-state index in [0.29, 0.717) is 17.9 Å². The zero-order valence-electron chi connectivity index (χ0n) is 11.2. The summed E-state index contributed by atoms with van der Waals surface area (Å²) in [5, 5.41) is 23.8. The first-order chi connectivity index (χ1) is 9.52. The molecule has 102 valence electrons. The third-order valence-corrected chi connectivity index (χ3v) is 3.18. The fraction of sp³-hybridized carbons (Fsp3) is 0.286. The second-order valence-corrected chi connectivity index (χ2v) is 4.55. The molecule has 2 aromatic rings. The molecule has 1 aromatic carbocycles. The molecule has 1 heterocycles. The van der Waals surface area contributed by atoms with Crippen LogP contribution in [0.2, 0.25) is 0 Å². The molecule has 1 aromatic heterocycles. The van der Waals surface area contributed by atoms with Crippen molar-refractivity contribution in [2.45, 2.75) is 26.2 Å². The lowest BCUT2D eigenvalue weighted by Gasteiger charge is -2.08. The zero-order chi connectivity index (χ0) is 14.7. The van der Waals surface area contributed by atoms with Crippen LogP contribution in [0.25, 0.3) is 0 Å². The van der Waals surface area contributed by atoms with Gasteiger partial charge in [0.1, 0.15) is 5.76 Å². The van der Waals surface area contributed by atoms with Gasteiger partial charge in [-0.2, -0.15) is 5.26 Å². The van der Waals surface area contributed by atoms with Gasteiger partial charge < -0.3 is 4.52 Å². The molecule has 0 spiro atoms. The highest BCUT2D eigenvalue weighted by Gasteiger charge is 2.20. The van der Waals surface area contributed by atoms with Gasteiger partial charge in [0.2, 0.25) is 0 Å². The highest BCUT2D eigenvalue weighted by atomic mass is 16.6. The molecule has 0 aliphatic heterocycles. The fourth-order valence-corrected chi connectivity index (χ4v) is 2.19. The van der Waals surface area contributed by atoms with Gasteiger partial charge in [0.15, 0.2) is 0 Å². The van der Waals surface area contributed by atoms with Crippen LogP contribution in [0.5, 0.6) is 0 Å². The average Bonchev–Trinajstić information content (AvgIpc) is 2.76. The van der Waals surface area contributed by atoms with Crippen LogP contribution in [0.4, 0.5) is 5.69 Å². The van der Waals surface area contributed by atoms with E-state index in [0.717, 1.165) is 11.1 Å². The van der Waals surface area contributed by atoms with Crippen LogP contribution in [-0.2, 0) is 6.42 Å². The van der Waals surface area contributed by atoms with E-state index in [4.69, 9.17) is 4.52 Å². The van der Waals surface area contributed by atoms with Gasteiger partial charge in [0, 0.05) is 17.7 Å². The van der Waals surface area contributed by atoms with E-state index >= 15 is 0 Å². The molecule has 0 radical (unpaired) electrons. The molecule has 0 saturated carbocycles. The van der Waals surface area contributed by atoms with Gasteiger partial charge in [-0.25, -0.2) is 0 Å². The van der Waals surface area contributed by atoms with Crippen molar-refractivity contribution < 1.29 is 9.45 Å². The van der Waals surface area contributed by atoms with E-state index in [-0.39, 0.29) is 11.6 Å². The number of hydrogen-bond donors (Lipinski definition) is 0. The zero-order valence-corrected chi connectivity index (χ0v) is 11.2. The molecule has 0 N–H and O–H groups in total. The Morgan fingerprint density at radius 1 is 1.40 bits per heavy atom. The van der Waals surface area contributed by atoms with Crippen LogP contribution in [0, 0.1) is 35.3 Å². The van der Waals surface area contributed by atoms with Crippen LogP contribution in [0.15, 0.2) is 28.8 Å². The number of nitro benzene ring substituents is 1. The number of rotatable bonds is 4. The maximum absolute atomic E-state index is 10.6. The molecular weight excluding hydrogens is 258 g/mol. The van der Waals surface area contributed by atoms with Crippen molar-refractivity contribution >= 4 is 5.69 Å². The summed E-state index contributed by atoms with van der Waals surface area (Å²) >= 11 is 0. The van der Waals surface area contributed by atoms with Crippen molar-refractivity contribution in [2.24, 2.45) is 0 Å². The van der Waals surface area contributed by atoms with Gasteiger partial charge >= 0.3 is 0 Å². The minimum Gasteiger partial charge on any atom is -0.361 e. The Morgan fingerprint density at radius 3 is 2.50 bits per heavy atom. The van der Waals surface area contributed by atoms with Crippen LogP contribution in [0.1, 0.15) is 28.5 Å². The number of hydrogen-bond acceptors (Lipinski definition) is 5. The number of nitrogens with zero attached hydrogens (tertiary/aromatic N) is 3. The molecule has 1 atom stereocenters. The van der Waals surface area contributed by atoms with Crippen molar-refractivity contribution in [3.05, 3.63) is 57.0 Å². The number of benzene rings is 1. The quantitative estimate of drug-likeness (QED) is 0.629. The highest BCUT2D eigenvalue weighted by molar-refractivity contribution is 5.36. The number of nitro groups is 1. The van der Waals surface area contributed by atoms with Crippen LogP contribution >= 0.6 is 0 Å².